The monoisotopic (exact) mass is 320 g/mol. The Morgan fingerprint density at radius 2 is 2.10 bits per heavy atom. The van der Waals surface area contributed by atoms with E-state index < -0.39 is 0 Å². The van der Waals surface area contributed by atoms with Crippen LogP contribution in [0.15, 0.2) is 0 Å². The number of nitrogens with zero attached hydrogens (tertiary/aromatic N) is 2. The number of rotatable bonds is 8. The minimum absolute atomic E-state index is 0. The fraction of sp³-hybridized carbons (Fsp3) is 0.857. The van der Waals surface area contributed by atoms with Crippen LogP contribution < -0.4 is 10.6 Å². The molecule has 0 radical (unpaired) electrons. The van der Waals surface area contributed by atoms with Crippen LogP contribution in [-0.2, 0) is 9.59 Å². The SMILES string of the molecule is CCCNC(=O)CN(C)C(=O)CN1CCC(CNC)C1.Cl. The average molecular weight is 321 g/mol. The van der Waals surface area contributed by atoms with Crippen LogP contribution in [0, 0.1) is 5.92 Å². The number of likely N-dealkylation sites (N-methyl/N-ethyl adjacent to an activating group) is 1. The van der Waals surface area contributed by atoms with E-state index in [-0.39, 0.29) is 30.8 Å². The van der Waals surface area contributed by atoms with E-state index >= 15 is 0 Å². The summed E-state index contributed by atoms with van der Waals surface area (Å²) in [6.45, 7) is 6.16. The van der Waals surface area contributed by atoms with Crippen LogP contribution in [0.5, 0.6) is 0 Å². The molecule has 0 aromatic heterocycles. The third-order valence-electron chi connectivity index (χ3n) is 3.60. The van der Waals surface area contributed by atoms with E-state index in [4.69, 9.17) is 0 Å². The van der Waals surface area contributed by atoms with Crippen LogP contribution in [-0.4, -0.2) is 75.0 Å². The third-order valence-corrected chi connectivity index (χ3v) is 3.60. The predicted octanol–water partition coefficient (Wildman–Crippen LogP) is -0.0659. The quantitative estimate of drug-likeness (QED) is 0.657. The molecule has 2 N–H and O–H groups in total. The van der Waals surface area contributed by atoms with E-state index in [9.17, 15) is 9.59 Å². The third kappa shape index (κ3) is 7.64. The fourth-order valence-electron chi connectivity index (χ4n) is 2.45. The first kappa shape index (κ1) is 20.1. The molecule has 1 aliphatic heterocycles. The lowest BCUT2D eigenvalue weighted by molar-refractivity contribution is -0.135. The number of hydrogen-bond donors (Lipinski definition) is 2. The van der Waals surface area contributed by atoms with Crippen molar-refractivity contribution in [2.24, 2.45) is 5.92 Å². The molecule has 0 spiro atoms. The van der Waals surface area contributed by atoms with E-state index in [0.717, 1.165) is 32.5 Å². The highest BCUT2D eigenvalue weighted by Crippen LogP contribution is 2.14. The summed E-state index contributed by atoms with van der Waals surface area (Å²) in [5, 5.41) is 5.96. The molecule has 124 valence electrons. The largest absolute Gasteiger partial charge is 0.355 e. The molecule has 1 fully saturated rings. The van der Waals surface area contributed by atoms with E-state index in [1.807, 2.05) is 14.0 Å². The Hall–Kier alpha value is -0.850. The molecule has 1 rings (SSSR count). The molecule has 6 nitrogen and oxygen atoms in total. The molecule has 1 atom stereocenters. The minimum atomic E-state index is -0.0859. The lowest BCUT2D eigenvalue weighted by atomic mass is 10.1. The van der Waals surface area contributed by atoms with Crippen LogP contribution in [0.1, 0.15) is 19.8 Å². The molecule has 0 aliphatic carbocycles. The Bertz CT molecular complexity index is 328. The van der Waals surface area contributed by atoms with Gasteiger partial charge in [-0.15, -0.1) is 12.4 Å². The highest BCUT2D eigenvalue weighted by atomic mass is 35.5. The van der Waals surface area contributed by atoms with Gasteiger partial charge in [0.1, 0.15) is 0 Å². The zero-order valence-corrected chi connectivity index (χ0v) is 14.2. The van der Waals surface area contributed by atoms with Crippen molar-refractivity contribution in [2.75, 3.05) is 53.4 Å². The van der Waals surface area contributed by atoms with Crippen molar-refractivity contribution in [3.05, 3.63) is 0 Å². The van der Waals surface area contributed by atoms with Gasteiger partial charge < -0.3 is 15.5 Å². The second-order valence-electron chi connectivity index (χ2n) is 5.55. The number of carbonyl (C=O) groups excluding carboxylic acids is 2. The van der Waals surface area contributed by atoms with Crippen molar-refractivity contribution < 1.29 is 9.59 Å². The molecule has 1 heterocycles. The summed E-state index contributed by atoms with van der Waals surface area (Å²) in [5.74, 6) is 0.560. The highest BCUT2D eigenvalue weighted by molar-refractivity contribution is 5.85. The highest BCUT2D eigenvalue weighted by Gasteiger charge is 2.24. The molecular weight excluding hydrogens is 292 g/mol. The second-order valence-corrected chi connectivity index (χ2v) is 5.55. The zero-order chi connectivity index (χ0) is 15.0. The van der Waals surface area contributed by atoms with E-state index in [0.29, 0.717) is 19.0 Å². The number of amides is 2. The van der Waals surface area contributed by atoms with Gasteiger partial charge in [0.05, 0.1) is 13.1 Å². The molecule has 0 bridgehead atoms. The molecule has 0 aromatic carbocycles. The predicted molar refractivity (Wildman–Crippen MR) is 86.7 cm³/mol. The van der Waals surface area contributed by atoms with Crippen molar-refractivity contribution in [1.29, 1.82) is 0 Å². The van der Waals surface area contributed by atoms with E-state index in [2.05, 4.69) is 15.5 Å². The maximum Gasteiger partial charge on any atom is 0.239 e. The molecule has 2 amide bonds. The van der Waals surface area contributed by atoms with Gasteiger partial charge in [-0.05, 0) is 38.9 Å². The number of halogens is 1. The van der Waals surface area contributed by atoms with Crippen molar-refractivity contribution in [2.45, 2.75) is 19.8 Å². The summed E-state index contributed by atoms with van der Waals surface area (Å²) < 4.78 is 0. The zero-order valence-electron chi connectivity index (χ0n) is 13.4. The number of nitrogens with one attached hydrogen (secondary N) is 2. The number of carbonyl (C=O) groups is 2. The maximum absolute atomic E-state index is 12.1. The first-order chi connectivity index (χ1) is 9.56. The molecule has 21 heavy (non-hydrogen) atoms. The lowest BCUT2D eigenvalue weighted by Gasteiger charge is -2.21. The molecule has 1 unspecified atom stereocenters. The standard InChI is InChI=1S/C14H28N4O2.ClH/c1-4-6-16-13(19)10-17(3)14(20)11-18-7-5-12(9-18)8-15-2;/h12,15H,4-11H2,1-3H3,(H,16,19);1H. The fourth-order valence-corrected chi connectivity index (χ4v) is 2.45. The van der Waals surface area contributed by atoms with Crippen molar-refractivity contribution in [3.8, 4) is 0 Å². The van der Waals surface area contributed by atoms with Gasteiger partial charge in [0.15, 0.2) is 0 Å². The summed E-state index contributed by atoms with van der Waals surface area (Å²) in [4.78, 5) is 27.3. The summed E-state index contributed by atoms with van der Waals surface area (Å²) in [6, 6.07) is 0. The second kappa shape index (κ2) is 10.8. The smallest absolute Gasteiger partial charge is 0.239 e. The Labute approximate surface area is 134 Å². The normalized spacial score (nSPS) is 18.1. The summed E-state index contributed by atoms with van der Waals surface area (Å²) in [5.41, 5.74) is 0. The summed E-state index contributed by atoms with van der Waals surface area (Å²) in [6.07, 6.45) is 2.04. The van der Waals surface area contributed by atoms with Crippen LogP contribution in [0.2, 0.25) is 0 Å². The van der Waals surface area contributed by atoms with Gasteiger partial charge in [-0.3, -0.25) is 14.5 Å². The van der Waals surface area contributed by atoms with E-state index in [1.54, 1.807) is 7.05 Å². The van der Waals surface area contributed by atoms with Gasteiger partial charge in [0, 0.05) is 20.1 Å². The Balaban J connectivity index is 0.00000400. The average Bonchev–Trinajstić information content (AvgIpc) is 2.84. The summed E-state index contributed by atoms with van der Waals surface area (Å²) >= 11 is 0. The first-order valence-electron chi connectivity index (χ1n) is 7.44. The van der Waals surface area contributed by atoms with Crippen molar-refractivity contribution in [3.63, 3.8) is 0 Å². The van der Waals surface area contributed by atoms with Crippen LogP contribution >= 0.6 is 12.4 Å². The van der Waals surface area contributed by atoms with Gasteiger partial charge in [-0.25, -0.2) is 0 Å². The van der Waals surface area contributed by atoms with Crippen molar-refractivity contribution >= 4 is 24.2 Å². The van der Waals surface area contributed by atoms with Gasteiger partial charge >= 0.3 is 0 Å². The molecule has 0 aromatic rings. The van der Waals surface area contributed by atoms with E-state index in [1.165, 1.54) is 4.90 Å². The van der Waals surface area contributed by atoms with Crippen LogP contribution in [0.25, 0.3) is 0 Å². The molecular formula is C14H29ClN4O2. The van der Waals surface area contributed by atoms with Gasteiger partial charge in [0.2, 0.25) is 11.8 Å². The molecule has 0 saturated carbocycles. The van der Waals surface area contributed by atoms with Gasteiger partial charge in [-0.1, -0.05) is 6.92 Å². The first-order valence-corrected chi connectivity index (χ1v) is 7.44. The lowest BCUT2D eigenvalue weighted by Crippen LogP contribution is -2.43. The van der Waals surface area contributed by atoms with Gasteiger partial charge in [-0.2, -0.15) is 0 Å². The number of hydrogen-bond acceptors (Lipinski definition) is 4. The summed E-state index contributed by atoms with van der Waals surface area (Å²) in [7, 11) is 3.64. The molecule has 1 saturated heterocycles. The molecule has 7 heteroatoms. The Morgan fingerprint density at radius 1 is 1.38 bits per heavy atom. The Kier molecular flexibility index (Phi) is 10.4. The Morgan fingerprint density at radius 3 is 2.71 bits per heavy atom. The van der Waals surface area contributed by atoms with Gasteiger partial charge in [0.25, 0.3) is 0 Å². The minimum Gasteiger partial charge on any atom is -0.355 e. The molecule has 1 aliphatic rings. The van der Waals surface area contributed by atoms with Crippen LogP contribution in [0.4, 0.5) is 0 Å². The van der Waals surface area contributed by atoms with Crippen molar-refractivity contribution in [1.82, 2.24) is 20.4 Å². The topological polar surface area (TPSA) is 64.7 Å². The van der Waals surface area contributed by atoms with Crippen LogP contribution in [0.3, 0.4) is 0 Å². The number of likely N-dealkylation sites (tertiary alicyclic amines) is 1. The maximum atomic E-state index is 12.1.